The number of nitrogens with two attached hydrogens (primary N) is 1. The molecule has 20 heavy (non-hydrogen) atoms. The maximum absolute atomic E-state index is 10.8. The van der Waals surface area contributed by atoms with Crippen LogP contribution < -0.4 is 10.5 Å². The lowest BCUT2D eigenvalue weighted by Crippen LogP contribution is -2.03. The van der Waals surface area contributed by atoms with Gasteiger partial charge >= 0.3 is 5.97 Å². The first kappa shape index (κ1) is 13.4. The summed E-state index contributed by atoms with van der Waals surface area (Å²) in [5, 5.41) is 17.8. The van der Waals surface area contributed by atoms with Crippen LogP contribution in [0.1, 0.15) is 21.5 Å². The van der Waals surface area contributed by atoms with Gasteiger partial charge in [0.15, 0.2) is 0 Å². The normalized spacial score (nSPS) is 9.75. The van der Waals surface area contributed by atoms with E-state index in [2.05, 4.69) is 6.07 Å². The van der Waals surface area contributed by atoms with E-state index >= 15 is 0 Å². The predicted octanol–water partition coefficient (Wildman–Crippen LogP) is 2.42. The number of anilines is 1. The van der Waals surface area contributed by atoms with Crippen molar-refractivity contribution in [1.29, 1.82) is 5.26 Å². The first-order chi connectivity index (χ1) is 9.61. The van der Waals surface area contributed by atoms with Crippen LogP contribution >= 0.6 is 0 Å². The highest BCUT2D eigenvalue weighted by Crippen LogP contribution is 2.21. The highest BCUT2D eigenvalue weighted by molar-refractivity contribution is 5.93. The number of carbonyl (C=O) groups is 1. The van der Waals surface area contributed by atoms with Crippen molar-refractivity contribution in [3.63, 3.8) is 0 Å². The largest absolute Gasteiger partial charge is 0.489 e. The number of carboxylic acids is 1. The number of nitrogen functional groups attached to an aromatic ring is 1. The highest BCUT2D eigenvalue weighted by Gasteiger charge is 2.09. The second-order valence-corrected chi connectivity index (χ2v) is 4.11. The smallest absolute Gasteiger partial charge is 0.337 e. The summed E-state index contributed by atoms with van der Waals surface area (Å²) in [6, 6.07) is 13.6. The molecule has 0 unspecified atom stereocenters. The van der Waals surface area contributed by atoms with Gasteiger partial charge in [-0.3, -0.25) is 0 Å². The fourth-order valence-electron chi connectivity index (χ4n) is 1.74. The monoisotopic (exact) mass is 268 g/mol. The van der Waals surface area contributed by atoms with Gasteiger partial charge in [0.05, 0.1) is 17.2 Å². The highest BCUT2D eigenvalue weighted by atomic mass is 16.5. The molecule has 0 heterocycles. The molecule has 0 aromatic heterocycles. The Balaban J connectivity index is 2.14. The molecule has 0 aliphatic heterocycles. The number of rotatable bonds is 4. The third kappa shape index (κ3) is 2.87. The van der Waals surface area contributed by atoms with E-state index in [0.29, 0.717) is 11.3 Å². The van der Waals surface area contributed by atoms with Crippen LogP contribution in [0.5, 0.6) is 5.75 Å². The van der Waals surface area contributed by atoms with Crippen LogP contribution in [-0.2, 0) is 6.61 Å². The van der Waals surface area contributed by atoms with Crippen molar-refractivity contribution >= 4 is 11.7 Å². The molecule has 2 aromatic carbocycles. The summed E-state index contributed by atoms with van der Waals surface area (Å²) in [5.41, 5.74) is 7.12. The van der Waals surface area contributed by atoms with Gasteiger partial charge in [-0.25, -0.2) is 4.79 Å². The lowest BCUT2D eigenvalue weighted by atomic mass is 10.1. The molecule has 0 aliphatic carbocycles. The molecule has 100 valence electrons. The quantitative estimate of drug-likeness (QED) is 0.830. The van der Waals surface area contributed by atoms with Crippen LogP contribution in [0, 0.1) is 11.3 Å². The third-order valence-electron chi connectivity index (χ3n) is 2.79. The summed E-state index contributed by atoms with van der Waals surface area (Å²) < 4.78 is 5.53. The van der Waals surface area contributed by atoms with E-state index < -0.39 is 5.97 Å². The zero-order chi connectivity index (χ0) is 14.5. The van der Waals surface area contributed by atoms with E-state index in [1.165, 1.54) is 18.2 Å². The van der Waals surface area contributed by atoms with Gasteiger partial charge < -0.3 is 15.6 Å². The first-order valence-electron chi connectivity index (χ1n) is 5.85. The van der Waals surface area contributed by atoms with Crippen LogP contribution in [0.3, 0.4) is 0 Å². The maximum Gasteiger partial charge on any atom is 0.337 e. The van der Waals surface area contributed by atoms with Crippen molar-refractivity contribution in [1.82, 2.24) is 0 Å². The second-order valence-electron chi connectivity index (χ2n) is 4.11. The number of aromatic carboxylic acids is 1. The molecule has 0 bridgehead atoms. The molecule has 2 aromatic rings. The minimum absolute atomic E-state index is 0.0368. The fraction of sp³-hybridized carbons (Fsp3) is 0.0667. The maximum atomic E-state index is 10.8. The summed E-state index contributed by atoms with van der Waals surface area (Å²) >= 11 is 0. The van der Waals surface area contributed by atoms with E-state index in [1.807, 2.05) is 6.07 Å². The summed E-state index contributed by atoms with van der Waals surface area (Å²) in [5.74, 6) is -0.621. The Morgan fingerprint density at radius 1 is 1.30 bits per heavy atom. The molecule has 2 rings (SSSR count). The molecule has 3 N–H and O–H groups in total. The Morgan fingerprint density at radius 2 is 2.05 bits per heavy atom. The minimum Gasteiger partial charge on any atom is -0.489 e. The second kappa shape index (κ2) is 5.76. The van der Waals surface area contributed by atoms with Crippen molar-refractivity contribution in [3.8, 4) is 11.8 Å². The van der Waals surface area contributed by atoms with E-state index in [0.717, 1.165) is 5.56 Å². The number of hydrogen-bond donors (Lipinski definition) is 2. The third-order valence-corrected chi connectivity index (χ3v) is 2.79. The number of nitriles is 1. The molecular formula is C15H12N2O3. The molecule has 0 aliphatic rings. The van der Waals surface area contributed by atoms with E-state index in [4.69, 9.17) is 20.8 Å². The van der Waals surface area contributed by atoms with Crippen molar-refractivity contribution in [2.24, 2.45) is 0 Å². The van der Waals surface area contributed by atoms with Crippen LogP contribution in [0.2, 0.25) is 0 Å². The molecule has 5 heteroatoms. The Kier molecular flexibility index (Phi) is 3.87. The van der Waals surface area contributed by atoms with Crippen molar-refractivity contribution in [2.45, 2.75) is 6.61 Å². The van der Waals surface area contributed by atoms with Gasteiger partial charge in [0, 0.05) is 17.3 Å². The standard InChI is InChI=1S/C15H12N2O3/c16-8-10-3-1-2-4-11(10)9-20-12-5-6-13(15(18)19)14(17)7-12/h1-7H,9,17H2,(H,18,19). The SMILES string of the molecule is N#Cc1ccccc1COc1ccc(C(=O)O)c(N)c1. The average Bonchev–Trinajstić information content (AvgIpc) is 2.45. The number of carboxylic acid groups (broad SMARTS) is 1. The topological polar surface area (TPSA) is 96.3 Å². The van der Waals surface area contributed by atoms with Crippen molar-refractivity contribution in [2.75, 3.05) is 5.73 Å². The summed E-state index contributed by atoms with van der Waals surface area (Å²) in [4.78, 5) is 10.8. The van der Waals surface area contributed by atoms with Gasteiger partial charge in [0.2, 0.25) is 0 Å². The van der Waals surface area contributed by atoms with Gasteiger partial charge in [0.25, 0.3) is 0 Å². The molecule has 0 radical (unpaired) electrons. The molecule has 0 atom stereocenters. The average molecular weight is 268 g/mol. The van der Waals surface area contributed by atoms with Crippen molar-refractivity contribution in [3.05, 3.63) is 59.2 Å². The van der Waals surface area contributed by atoms with Gasteiger partial charge in [-0.05, 0) is 18.2 Å². The van der Waals surface area contributed by atoms with Crippen LogP contribution in [0.25, 0.3) is 0 Å². The lowest BCUT2D eigenvalue weighted by Gasteiger charge is -2.09. The van der Waals surface area contributed by atoms with Gasteiger partial charge in [-0.2, -0.15) is 5.26 Å². The van der Waals surface area contributed by atoms with E-state index in [9.17, 15) is 4.79 Å². The molecular weight excluding hydrogens is 256 g/mol. The van der Waals surface area contributed by atoms with Gasteiger partial charge in [0.1, 0.15) is 12.4 Å². The van der Waals surface area contributed by atoms with Crippen LogP contribution in [-0.4, -0.2) is 11.1 Å². The first-order valence-corrected chi connectivity index (χ1v) is 5.85. The molecule has 0 saturated heterocycles. The zero-order valence-electron chi connectivity index (χ0n) is 10.5. The molecule has 0 fully saturated rings. The lowest BCUT2D eigenvalue weighted by molar-refractivity contribution is 0.0698. The molecule has 0 amide bonds. The predicted molar refractivity (Wildman–Crippen MR) is 73.3 cm³/mol. The molecule has 5 nitrogen and oxygen atoms in total. The van der Waals surface area contributed by atoms with E-state index in [-0.39, 0.29) is 17.9 Å². The Bertz CT molecular complexity index is 690. The summed E-state index contributed by atoms with van der Waals surface area (Å²) in [7, 11) is 0. The zero-order valence-corrected chi connectivity index (χ0v) is 10.5. The van der Waals surface area contributed by atoms with Gasteiger partial charge in [-0.15, -0.1) is 0 Å². The summed E-state index contributed by atoms with van der Waals surface area (Å²) in [6.45, 7) is 0.218. The number of benzene rings is 2. The number of nitrogens with zero attached hydrogens (tertiary/aromatic N) is 1. The fourth-order valence-corrected chi connectivity index (χ4v) is 1.74. The summed E-state index contributed by atoms with van der Waals surface area (Å²) in [6.07, 6.45) is 0. The van der Waals surface area contributed by atoms with Gasteiger partial charge in [-0.1, -0.05) is 18.2 Å². The molecule has 0 spiro atoms. The molecule has 0 saturated carbocycles. The van der Waals surface area contributed by atoms with Crippen LogP contribution in [0.15, 0.2) is 42.5 Å². The minimum atomic E-state index is -1.08. The Morgan fingerprint density at radius 3 is 2.70 bits per heavy atom. The number of hydrogen-bond acceptors (Lipinski definition) is 4. The number of ether oxygens (including phenoxy) is 1. The Hall–Kier alpha value is -3.00. The Labute approximate surface area is 115 Å². The van der Waals surface area contributed by atoms with E-state index in [1.54, 1.807) is 18.2 Å². The van der Waals surface area contributed by atoms with Crippen LogP contribution in [0.4, 0.5) is 5.69 Å². The van der Waals surface area contributed by atoms with Crippen molar-refractivity contribution < 1.29 is 14.6 Å².